The van der Waals surface area contributed by atoms with Crippen LogP contribution < -0.4 is 16.8 Å². The van der Waals surface area contributed by atoms with Crippen molar-refractivity contribution in [1.29, 1.82) is 0 Å². The summed E-state index contributed by atoms with van der Waals surface area (Å²) in [4.78, 5) is 9.80. The number of aliphatic imine (C=N–C) groups is 2. The van der Waals surface area contributed by atoms with Crippen LogP contribution in [0.25, 0.3) is 0 Å². The Morgan fingerprint density at radius 3 is 2.78 bits per heavy atom. The molecule has 1 fully saturated rings. The van der Waals surface area contributed by atoms with Gasteiger partial charge in [0.25, 0.3) is 0 Å². The third kappa shape index (κ3) is 1.11. The second-order valence-electron chi connectivity index (χ2n) is 4.81. The summed E-state index contributed by atoms with van der Waals surface area (Å²) in [6.45, 7) is 0.0300. The molecule has 100 valence electrons. The zero-order chi connectivity index (χ0) is 13.1. The van der Waals surface area contributed by atoms with Crippen LogP contribution in [-0.4, -0.2) is 68.8 Å². The Kier molecular flexibility index (Phi) is 2.08. The van der Waals surface area contributed by atoms with Gasteiger partial charge in [-0.1, -0.05) is 0 Å². The Labute approximate surface area is 103 Å². The van der Waals surface area contributed by atoms with Gasteiger partial charge in [0, 0.05) is 13.0 Å². The number of rotatable bonds is 1. The molecule has 3 rings (SSSR count). The van der Waals surface area contributed by atoms with E-state index < -0.39 is 23.5 Å². The summed E-state index contributed by atoms with van der Waals surface area (Å²) in [6.07, 6.45) is 0.0909. The van der Waals surface area contributed by atoms with Gasteiger partial charge in [-0.3, -0.25) is 0 Å². The van der Waals surface area contributed by atoms with Crippen LogP contribution in [0.1, 0.15) is 6.42 Å². The SMILES string of the molecule is NC1=N[C@@H]2[C@@H](CO)N=C(N)N3CCC(O)(O)[C@@]23N1. The Morgan fingerprint density at radius 1 is 1.39 bits per heavy atom. The van der Waals surface area contributed by atoms with Crippen molar-refractivity contribution in [3.63, 3.8) is 0 Å². The van der Waals surface area contributed by atoms with E-state index in [1.165, 1.54) is 0 Å². The quantitative estimate of drug-likeness (QED) is 0.262. The van der Waals surface area contributed by atoms with Crippen molar-refractivity contribution in [3.8, 4) is 0 Å². The zero-order valence-corrected chi connectivity index (χ0v) is 9.61. The molecule has 0 aliphatic carbocycles. The van der Waals surface area contributed by atoms with E-state index in [9.17, 15) is 15.3 Å². The fraction of sp³-hybridized carbons (Fsp3) is 0.778. The Morgan fingerprint density at radius 2 is 2.11 bits per heavy atom. The molecule has 0 aromatic rings. The zero-order valence-electron chi connectivity index (χ0n) is 9.61. The maximum Gasteiger partial charge on any atom is 0.210 e. The monoisotopic (exact) mass is 256 g/mol. The summed E-state index contributed by atoms with van der Waals surface area (Å²) >= 11 is 0. The fourth-order valence-corrected chi connectivity index (χ4v) is 3.07. The van der Waals surface area contributed by atoms with Crippen LogP contribution in [0.2, 0.25) is 0 Å². The van der Waals surface area contributed by atoms with E-state index in [-0.39, 0.29) is 24.9 Å². The predicted molar refractivity (Wildman–Crippen MR) is 62.3 cm³/mol. The highest BCUT2D eigenvalue weighted by Crippen LogP contribution is 2.44. The van der Waals surface area contributed by atoms with Crippen molar-refractivity contribution in [3.05, 3.63) is 0 Å². The van der Waals surface area contributed by atoms with Gasteiger partial charge in [0.15, 0.2) is 17.6 Å². The van der Waals surface area contributed by atoms with Gasteiger partial charge in [0.2, 0.25) is 5.79 Å². The van der Waals surface area contributed by atoms with Crippen LogP contribution >= 0.6 is 0 Å². The summed E-state index contributed by atoms with van der Waals surface area (Å²) in [5.41, 5.74) is 10.1. The first kappa shape index (κ1) is 11.5. The molecule has 0 amide bonds. The average Bonchev–Trinajstić information content (AvgIpc) is 2.77. The molecule has 0 aromatic heterocycles. The second kappa shape index (κ2) is 3.25. The first-order chi connectivity index (χ1) is 8.42. The van der Waals surface area contributed by atoms with Gasteiger partial charge in [0.05, 0.1) is 6.61 Å². The maximum atomic E-state index is 10.2. The number of guanidine groups is 2. The molecular formula is C9H16N6O3. The maximum absolute atomic E-state index is 10.2. The molecule has 9 heteroatoms. The van der Waals surface area contributed by atoms with Crippen molar-refractivity contribution in [2.24, 2.45) is 21.5 Å². The van der Waals surface area contributed by atoms with Crippen LogP contribution in [0.15, 0.2) is 9.98 Å². The van der Waals surface area contributed by atoms with E-state index in [2.05, 4.69) is 15.3 Å². The highest BCUT2D eigenvalue weighted by atomic mass is 16.5. The largest absolute Gasteiger partial charge is 0.394 e. The number of aliphatic hydroxyl groups is 3. The third-order valence-corrected chi connectivity index (χ3v) is 3.87. The smallest absolute Gasteiger partial charge is 0.210 e. The minimum atomic E-state index is -2.05. The van der Waals surface area contributed by atoms with Gasteiger partial charge in [-0.2, -0.15) is 0 Å². The van der Waals surface area contributed by atoms with Crippen LogP contribution in [0.4, 0.5) is 0 Å². The minimum absolute atomic E-state index is 0.0859. The van der Waals surface area contributed by atoms with E-state index in [1.807, 2.05) is 0 Å². The van der Waals surface area contributed by atoms with Crippen molar-refractivity contribution in [2.75, 3.05) is 13.2 Å². The van der Waals surface area contributed by atoms with Gasteiger partial charge in [-0.25, -0.2) is 9.98 Å². The van der Waals surface area contributed by atoms with Gasteiger partial charge < -0.3 is 37.0 Å². The molecule has 0 radical (unpaired) electrons. The van der Waals surface area contributed by atoms with Crippen LogP contribution in [0.5, 0.6) is 0 Å². The van der Waals surface area contributed by atoms with Crippen molar-refractivity contribution in [1.82, 2.24) is 10.2 Å². The number of nitrogens with two attached hydrogens (primary N) is 2. The average molecular weight is 256 g/mol. The lowest BCUT2D eigenvalue weighted by Crippen LogP contribution is -2.76. The third-order valence-electron chi connectivity index (χ3n) is 3.87. The first-order valence-corrected chi connectivity index (χ1v) is 5.70. The highest BCUT2D eigenvalue weighted by Gasteiger charge is 2.69. The molecule has 9 nitrogen and oxygen atoms in total. The molecule has 3 aliphatic heterocycles. The van der Waals surface area contributed by atoms with Crippen molar-refractivity contribution in [2.45, 2.75) is 30.0 Å². The van der Waals surface area contributed by atoms with Crippen LogP contribution in [-0.2, 0) is 0 Å². The Balaban J connectivity index is 2.15. The molecule has 1 saturated heterocycles. The summed E-state index contributed by atoms with van der Waals surface area (Å²) in [6, 6.07) is -1.33. The molecule has 0 unspecified atom stereocenters. The van der Waals surface area contributed by atoms with E-state index in [0.29, 0.717) is 6.54 Å². The van der Waals surface area contributed by atoms with Crippen molar-refractivity contribution < 1.29 is 15.3 Å². The molecule has 1 spiro atoms. The van der Waals surface area contributed by atoms with E-state index in [4.69, 9.17) is 11.5 Å². The normalized spacial score (nSPS) is 40.7. The van der Waals surface area contributed by atoms with Crippen LogP contribution in [0, 0.1) is 0 Å². The molecule has 8 N–H and O–H groups in total. The van der Waals surface area contributed by atoms with E-state index in [1.54, 1.807) is 4.90 Å². The van der Waals surface area contributed by atoms with Crippen molar-refractivity contribution >= 4 is 11.9 Å². The lowest BCUT2D eigenvalue weighted by molar-refractivity contribution is -0.221. The number of hydrogen-bond acceptors (Lipinski definition) is 9. The molecule has 0 aromatic carbocycles. The summed E-state index contributed by atoms with van der Waals surface area (Å²) in [7, 11) is 0. The fourth-order valence-electron chi connectivity index (χ4n) is 3.07. The topological polar surface area (TPSA) is 153 Å². The Hall–Kier alpha value is -1.58. The molecule has 3 atom stereocenters. The van der Waals surface area contributed by atoms with Gasteiger partial charge >= 0.3 is 0 Å². The lowest BCUT2D eigenvalue weighted by Gasteiger charge is -2.48. The summed E-state index contributed by atoms with van der Waals surface area (Å²) < 4.78 is 0. The first-order valence-electron chi connectivity index (χ1n) is 5.70. The van der Waals surface area contributed by atoms with E-state index >= 15 is 0 Å². The molecule has 18 heavy (non-hydrogen) atoms. The Bertz CT molecular complexity index is 450. The van der Waals surface area contributed by atoms with Gasteiger partial charge in [-0.15, -0.1) is 0 Å². The standard InChI is InChI=1S/C9H16N6O3/c10-6-13-5-4(3-16)12-7(11)15-2-1-8(17,18)9(5,15)14-6/h4-5,16-18H,1-3H2,(H2,11,12)(H3,10,13,14)/t4-,5-,9-/m1/s1. The van der Waals surface area contributed by atoms with E-state index in [0.717, 1.165) is 0 Å². The van der Waals surface area contributed by atoms with Crippen LogP contribution in [0.3, 0.4) is 0 Å². The minimum Gasteiger partial charge on any atom is -0.394 e. The molecular weight excluding hydrogens is 240 g/mol. The second-order valence-corrected chi connectivity index (χ2v) is 4.81. The molecule has 3 heterocycles. The summed E-state index contributed by atoms with van der Waals surface area (Å²) in [5.74, 6) is -1.81. The predicted octanol–water partition coefficient (Wildman–Crippen LogP) is -3.95. The molecule has 0 bridgehead atoms. The van der Waals surface area contributed by atoms with Gasteiger partial charge in [0.1, 0.15) is 12.1 Å². The number of hydrogen-bond donors (Lipinski definition) is 6. The number of aliphatic hydroxyl groups excluding tert-OH is 1. The van der Waals surface area contributed by atoms with Gasteiger partial charge in [-0.05, 0) is 0 Å². The molecule has 3 aliphatic rings. The lowest BCUT2D eigenvalue weighted by atomic mass is 9.87. The number of nitrogens with one attached hydrogen (secondary N) is 1. The number of nitrogens with zero attached hydrogens (tertiary/aromatic N) is 3. The summed E-state index contributed by atoms with van der Waals surface area (Å²) in [5, 5.41) is 32.6. The molecule has 0 saturated carbocycles. The highest BCUT2D eigenvalue weighted by molar-refractivity contribution is 5.87.